The Kier molecular flexibility index (Phi) is 5.30. The van der Waals surface area contributed by atoms with Gasteiger partial charge in [-0.05, 0) is 55.5 Å². The molecule has 0 aliphatic heterocycles. The number of benzene rings is 1. The molecule has 0 atom stereocenters. The van der Waals surface area contributed by atoms with Crippen LogP contribution in [0.2, 0.25) is 5.02 Å². The number of aromatic nitrogens is 2. The van der Waals surface area contributed by atoms with Gasteiger partial charge in [0, 0.05) is 9.90 Å². The van der Waals surface area contributed by atoms with Gasteiger partial charge in [-0.2, -0.15) is 23.5 Å². The summed E-state index contributed by atoms with van der Waals surface area (Å²) >= 11 is 7.06. The fourth-order valence-electron chi connectivity index (χ4n) is 3.51. The smallest absolute Gasteiger partial charge is 0.312 e. The topological polar surface area (TPSA) is 70.7 Å². The molecule has 2 aromatic heterocycles. The number of aryl methyl sites for hydroxylation is 1. The van der Waals surface area contributed by atoms with E-state index in [4.69, 9.17) is 11.6 Å². The van der Waals surface area contributed by atoms with Gasteiger partial charge in [-0.1, -0.05) is 11.6 Å². The van der Waals surface area contributed by atoms with Crippen LogP contribution >= 0.6 is 22.9 Å². The first-order valence-electron chi connectivity index (χ1n) is 9.06. The Morgan fingerprint density at radius 2 is 1.93 bits per heavy atom. The highest BCUT2D eigenvalue weighted by atomic mass is 35.5. The number of nitriles is 1. The van der Waals surface area contributed by atoms with Crippen molar-refractivity contribution < 1.29 is 18.0 Å². The quantitative estimate of drug-likeness (QED) is 0.564. The number of hydrogen-bond acceptors (Lipinski definition) is 4. The summed E-state index contributed by atoms with van der Waals surface area (Å²) < 4.78 is 42.1. The number of alkyl halides is 3. The molecule has 0 saturated heterocycles. The standard InChI is InChI=1S/C20H14ClF3N4OS/c21-11-5-7-12(8-6-11)28-17(20(22,23)24)15(10-26-28)18(29)27-19-14(9-25)13-3-1-2-4-16(13)30-19/h5-8,10H,1-4H2,(H,27,29). The largest absolute Gasteiger partial charge is 0.434 e. The lowest BCUT2D eigenvalue weighted by Crippen LogP contribution is -2.20. The van der Waals surface area contributed by atoms with Gasteiger partial charge in [0.25, 0.3) is 5.91 Å². The number of rotatable bonds is 3. The Labute approximate surface area is 178 Å². The van der Waals surface area contributed by atoms with Crippen molar-refractivity contribution in [2.75, 3.05) is 5.32 Å². The van der Waals surface area contributed by atoms with Crippen LogP contribution in [-0.2, 0) is 19.0 Å². The summed E-state index contributed by atoms with van der Waals surface area (Å²) in [7, 11) is 0. The zero-order valence-electron chi connectivity index (χ0n) is 15.4. The minimum Gasteiger partial charge on any atom is -0.312 e. The van der Waals surface area contributed by atoms with E-state index < -0.39 is 23.3 Å². The van der Waals surface area contributed by atoms with Crippen LogP contribution in [0.4, 0.5) is 18.2 Å². The van der Waals surface area contributed by atoms with E-state index in [1.165, 1.54) is 35.6 Å². The van der Waals surface area contributed by atoms with Crippen molar-refractivity contribution in [2.24, 2.45) is 0 Å². The van der Waals surface area contributed by atoms with Crippen molar-refractivity contribution >= 4 is 33.8 Å². The molecule has 1 aliphatic carbocycles. The zero-order chi connectivity index (χ0) is 21.5. The highest BCUT2D eigenvalue weighted by molar-refractivity contribution is 7.16. The number of thiophene rings is 1. The molecule has 5 nitrogen and oxygen atoms in total. The van der Waals surface area contributed by atoms with Crippen LogP contribution in [0.5, 0.6) is 0 Å². The van der Waals surface area contributed by atoms with Crippen LogP contribution in [0.3, 0.4) is 0 Å². The maximum absolute atomic E-state index is 13.8. The monoisotopic (exact) mass is 450 g/mol. The van der Waals surface area contributed by atoms with E-state index in [9.17, 15) is 23.2 Å². The van der Waals surface area contributed by atoms with Gasteiger partial charge >= 0.3 is 6.18 Å². The summed E-state index contributed by atoms with van der Waals surface area (Å²) in [6.45, 7) is 0. The zero-order valence-corrected chi connectivity index (χ0v) is 17.0. The van der Waals surface area contributed by atoms with Crippen molar-refractivity contribution in [3.8, 4) is 11.8 Å². The van der Waals surface area contributed by atoms with Gasteiger partial charge in [0.15, 0.2) is 5.69 Å². The molecule has 4 rings (SSSR count). The molecule has 0 bridgehead atoms. The number of halogens is 4. The summed E-state index contributed by atoms with van der Waals surface area (Å²) in [4.78, 5) is 13.8. The predicted molar refractivity (Wildman–Crippen MR) is 107 cm³/mol. The minimum absolute atomic E-state index is 0.120. The molecule has 0 unspecified atom stereocenters. The van der Waals surface area contributed by atoms with Crippen LogP contribution in [-0.4, -0.2) is 15.7 Å². The number of nitrogens with zero attached hydrogens (tertiary/aromatic N) is 3. The molecule has 1 amide bonds. The molecule has 30 heavy (non-hydrogen) atoms. The molecule has 0 fully saturated rings. The van der Waals surface area contributed by atoms with Gasteiger partial charge in [0.2, 0.25) is 0 Å². The fourth-order valence-corrected chi connectivity index (χ4v) is 4.87. The summed E-state index contributed by atoms with van der Waals surface area (Å²) in [6, 6.07) is 7.72. The Balaban J connectivity index is 1.73. The van der Waals surface area contributed by atoms with E-state index in [1.807, 2.05) is 0 Å². The number of carbonyl (C=O) groups is 1. The molecule has 1 aliphatic rings. The van der Waals surface area contributed by atoms with Crippen molar-refractivity contribution in [1.29, 1.82) is 5.26 Å². The first-order chi connectivity index (χ1) is 14.3. The highest BCUT2D eigenvalue weighted by Gasteiger charge is 2.41. The number of nitrogens with one attached hydrogen (secondary N) is 1. The summed E-state index contributed by atoms with van der Waals surface area (Å²) in [5.74, 6) is -0.961. The average Bonchev–Trinajstić information content (AvgIpc) is 3.29. The lowest BCUT2D eigenvalue weighted by molar-refractivity contribution is -0.143. The van der Waals surface area contributed by atoms with E-state index in [2.05, 4.69) is 16.5 Å². The van der Waals surface area contributed by atoms with Crippen molar-refractivity contribution in [2.45, 2.75) is 31.9 Å². The molecule has 2 heterocycles. The van der Waals surface area contributed by atoms with Gasteiger partial charge in [0.1, 0.15) is 11.1 Å². The van der Waals surface area contributed by atoms with Crippen LogP contribution in [0.25, 0.3) is 5.69 Å². The van der Waals surface area contributed by atoms with E-state index in [-0.39, 0.29) is 10.7 Å². The Hall–Kier alpha value is -2.83. The molecular formula is C20H14ClF3N4OS. The normalized spacial score (nSPS) is 13.6. The van der Waals surface area contributed by atoms with E-state index in [0.29, 0.717) is 15.3 Å². The number of anilines is 1. The van der Waals surface area contributed by atoms with Gasteiger partial charge in [-0.15, -0.1) is 11.3 Å². The molecule has 154 valence electrons. The molecular weight excluding hydrogens is 437 g/mol. The molecule has 10 heteroatoms. The third-order valence-corrected chi connectivity index (χ3v) is 6.32. The third-order valence-electron chi connectivity index (χ3n) is 4.86. The number of carbonyl (C=O) groups excluding carboxylic acids is 1. The summed E-state index contributed by atoms with van der Waals surface area (Å²) in [5, 5.41) is 16.4. The summed E-state index contributed by atoms with van der Waals surface area (Å²) in [5.41, 5.74) is -0.469. The van der Waals surface area contributed by atoms with Crippen molar-refractivity contribution in [3.05, 3.63) is 62.7 Å². The highest BCUT2D eigenvalue weighted by Crippen LogP contribution is 2.39. The Morgan fingerprint density at radius 3 is 2.60 bits per heavy atom. The Morgan fingerprint density at radius 1 is 1.23 bits per heavy atom. The van der Waals surface area contributed by atoms with Crippen molar-refractivity contribution in [3.63, 3.8) is 0 Å². The van der Waals surface area contributed by atoms with Gasteiger partial charge in [-0.3, -0.25) is 4.79 Å². The van der Waals surface area contributed by atoms with Crippen LogP contribution in [0.1, 0.15) is 44.9 Å². The first-order valence-corrected chi connectivity index (χ1v) is 10.3. The number of fused-ring (bicyclic) bond motifs is 1. The predicted octanol–water partition coefficient (Wildman–Crippen LogP) is 5.61. The van der Waals surface area contributed by atoms with Crippen LogP contribution in [0.15, 0.2) is 30.5 Å². The minimum atomic E-state index is -4.82. The third kappa shape index (κ3) is 3.68. The molecule has 1 N–H and O–H groups in total. The molecule has 0 saturated carbocycles. The first kappa shape index (κ1) is 20.4. The van der Waals surface area contributed by atoms with Gasteiger partial charge in [-0.25, -0.2) is 4.68 Å². The molecule has 0 radical (unpaired) electrons. The van der Waals surface area contributed by atoms with Crippen LogP contribution < -0.4 is 5.32 Å². The second-order valence-corrected chi connectivity index (χ2v) is 8.32. The lowest BCUT2D eigenvalue weighted by Gasteiger charge is -2.13. The second kappa shape index (κ2) is 7.78. The van der Waals surface area contributed by atoms with Gasteiger partial charge < -0.3 is 5.32 Å². The molecule has 1 aromatic carbocycles. The Bertz CT molecular complexity index is 1160. The SMILES string of the molecule is N#Cc1c(NC(=O)c2cnn(-c3ccc(Cl)cc3)c2C(F)(F)F)sc2c1CCCC2. The summed E-state index contributed by atoms with van der Waals surface area (Å²) in [6.07, 6.45) is -0.489. The molecule has 0 spiro atoms. The molecule has 3 aromatic rings. The lowest BCUT2D eigenvalue weighted by atomic mass is 9.96. The second-order valence-electron chi connectivity index (χ2n) is 6.77. The van der Waals surface area contributed by atoms with Crippen molar-refractivity contribution in [1.82, 2.24) is 9.78 Å². The number of amides is 1. The van der Waals surface area contributed by atoms with E-state index in [1.54, 1.807) is 0 Å². The maximum atomic E-state index is 13.8. The van der Waals surface area contributed by atoms with Crippen LogP contribution in [0, 0.1) is 11.3 Å². The van der Waals surface area contributed by atoms with E-state index >= 15 is 0 Å². The maximum Gasteiger partial charge on any atom is 0.434 e. The number of hydrogen-bond donors (Lipinski definition) is 1. The van der Waals surface area contributed by atoms with E-state index in [0.717, 1.165) is 42.3 Å². The average molecular weight is 451 g/mol. The van der Waals surface area contributed by atoms with Gasteiger partial charge in [0.05, 0.1) is 23.0 Å². The fraction of sp³-hybridized carbons (Fsp3) is 0.250.